The predicted molar refractivity (Wildman–Crippen MR) is 79.1 cm³/mol. The highest BCUT2D eigenvalue weighted by molar-refractivity contribution is 7.80. The molecule has 2 fully saturated rings. The van der Waals surface area contributed by atoms with E-state index in [0.29, 0.717) is 17.3 Å². The van der Waals surface area contributed by atoms with Gasteiger partial charge in [0, 0.05) is 31.2 Å². The molecule has 102 valence electrons. The van der Waals surface area contributed by atoms with Gasteiger partial charge in [-0.1, -0.05) is 12.2 Å². The number of nitrogens with zero attached hydrogens (tertiary/aromatic N) is 2. The quantitative estimate of drug-likeness (QED) is 0.836. The van der Waals surface area contributed by atoms with E-state index in [0.717, 1.165) is 19.6 Å². The molecule has 0 aliphatic carbocycles. The summed E-state index contributed by atoms with van der Waals surface area (Å²) in [5.74, 6) is -0.225. The minimum Gasteiger partial charge on any atom is -0.389 e. The van der Waals surface area contributed by atoms with Crippen molar-refractivity contribution < 1.29 is 4.39 Å². The number of hydrogen-bond donors (Lipinski definition) is 1. The lowest BCUT2D eigenvalue weighted by Crippen LogP contribution is -2.50. The number of halogens is 1. The Bertz CT molecular complexity index is 505. The van der Waals surface area contributed by atoms with Crippen LogP contribution in [0.15, 0.2) is 18.2 Å². The van der Waals surface area contributed by atoms with Gasteiger partial charge >= 0.3 is 0 Å². The number of nitrogens with two attached hydrogens (primary N) is 1. The predicted octanol–water partition coefficient (Wildman–Crippen LogP) is 1.74. The number of benzene rings is 1. The highest BCUT2D eigenvalue weighted by Gasteiger charge is 2.31. The van der Waals surface area contributed by atoms with Crippen molar-refractivity contribution in [1.29, 1.82) is 0 Å². The lowest BCUT2D eigenvalue weighted by molar-refractivity contribution is 0.230. The highest BCUT2D eigenvalue weighted by atomic mass is 32.1. The zero-order valence-electron chi connectivity index (χ0n) is 10.8. The maximum absolute atomic E-state index is 14.2. The minimum absolute atomic E-state index is 0.225. The third-order valence-electron chi connectivity index (χ3n) is 4.16. The fraction of sp³-hybridized carbons (Fsp3) is 0.500. The van der Waals surface area contributed by atoms with Gasteiger partial charge in [-0.15, -0.1) is 0 Å². The molecule has 2 N–H and O–H groups in total. The van der Waals surface area contributed by atoms with Crippen LogP contribution in [-0.2, 0) is 0 Å². The fourth-order valence-corrected chi connectivity index (χ4v) is 3.25. The van der Waals surface area contributed by atoms with Gasteiger partial charge < -0.3 is 10.6 Å². The van der Waals surface area contributed by atoms with Gasteiger partial charge in [0.05, 0.1) is 5.69 Å². The molecule has 2 aliphatic rings. The summed E-state index contributed by atoms with van der Waals surface area (Å²) in [6.45, 7) is 4.03. The molecule has 19 heavy (non-hydrogen) atoms. The highest BCUT2D eigenvalue weighted by Crippen LogP contribution is 2.27. The van der Waals surface area contributed by atoms with Gasteiger partial charge in [0.15, 0.2) is 0 Å². The first-order valence-electron chi connectivity index (χ1n) is 6.73. The Balaban J connectivity index is 1.80. The molecule has 1 atom stereocenters. The molecular formula is C14H18FN3S. The molecule has 3 rings (SSSR count). The molecule has 5 heteroatoms. The maximum atomic E-state index is 14.2. The zero-order chi connectivity index (χ0) is 13.4. The number of fused-ring (bicyclic) bond motifs is 1. The van der Waals surface area contributed by atoms with E-state index in [4.69, 9.17) is 18.0 Å². The standard InChI is InChI=1S/C14H18FN3S/c15-12-8-10(14(16)19)3-4-13(12)18-7-6-17-5-1-2-11(17)9-18/h3-4,8,11H,1-2,5-7,9H2,(H2,16,19). The lowest BCUT2D eigenvalue weighted by atomic mass is 10.1. The first-order chi connectivity index (χ1) is 9.15. The van der Waals surface area contributed by atoms with Crippen LogP contribution in [0.4, 0.5) is 10.1 Å². The van der Waals surface area contributed by atoms with Crippen molar-refractivity contribution in [2.24, 2.45) is 5.73 Å². The van der Waals surface area contributed by atoms with E-state index in [9.17, 15) is 4.39 Å². The lowest BCUT2D eigenvalue weighted by Gasteiger charge is -2.39. The van der Waals surface area contributed by atoms with Gasteiger partial charge in [0.2, 0.25) is 0 Å². The van der Waals surface area contributed by atoms with E-state index >= 15 is 0 Å². The van der Waals surface area contributed by atoms with Crippen molar-refractivity contribution in [3.63, 3.8) is 0 Å². The van der Waals surface area contributed by atoms with Crippen molar-refractivity contribution in [2.45, 2.75) is 18.9 Å². The Labute approximate surface area is 118 Å². The summed E-state index contributed by atoms with van der Waals surface area (Å²) >= 11 is 4.87. The molecule has 0 spiro atoms. The summed E-state index contributed by atoms with van der Waals surface area (Å²) in [6, 6.07) is 5.64. The Hall–Kier alpha value is -1.20. The van der Waals surface area contributed by atoms with Crippen molar-refractivity contribution in [3.8, 4) is 0 Å². The van der Waals surface area contributed by atoms with Crippen molar-refractivity contribution >= 4 is 22.9 Å². The Morgan fingerprint density at radius 2 is 2.16 bits per heavy atom. The second kappa shape index (κ2) is 5.06. The molecule has 1 aromatic rings. The van der Waals surface area contributed by atoms with Crippen LogP contribution in [-0.4, -0.2) is 42.1 Å². The molecule has 0 radical (unpaired) electrons. The van der Waals surface area contributed by atoms with E-state index in [1.165, 1.54) is 25.5 Å². The summed E-state index contributed by atoms with van der Waals surface area (Å²) in [5.41, 5.74) is 6.79. The summed E-state index contributed by atoms with van der Waals surface area (Å²) in [6.07, 6.45) is 2.49. The van der Waals surface area contributed by atoms with E-state index in [2.05, 4.69) is 9.80 Å². The van der Waals surface area contributed by atoms with Gasteiger partial charge in [-0.3, -0.25) is 4.90 Å². The molecule has 0 bridgehead atoms. The first kappa shape index (κ1) is 12.8. The molecule has 0 aromatic heterocycles. The smallest absolute Gasteiger partial charge is 0.147 e. The molecule has 3 nitrogen and oxygen atoms in total. The van der Waals surface area contributed by atoms with Crippen molar-refractivity contribution in [3.05, 3.63) is 29.6 Å². The van der Waals surface area contributed by atoms with Crippen LogP contribution in [0.3, 0.4) is 0 Å². The number of hydrogen-bond acceptors (Lipinski definition) is 3. The Morgan fingerprint density at radius 3 is 2.89 bits per heavy atom. The van der Waals surface area contributed by atoms with Crippen LogP contribution >= 0.6 is 12.2 Å². The topological polar surface area (TPSA) is 32.5 Å². The van der Waals surface area contributed by atoms with E-state index in [-0.39, 0.29) is 10.8 Å². The minimum atomic E-state index is -0.225. The summed E-state index contributed by atoms with van der Waals surface area (Å²) < 4.78 is 14.2. The molecule has 2 saturated heterocycles. The van der Waals surface area contributed by atoms with E-state index < -0.39 is 0 Å². The average Bonchev–Trinajstić information content (AvgIpc) is 2.85. The number of rotatable bonds is 2. The van der Waals surface area contributed by atoms with Gasteiger partial charge in [0.1, 0.15) is 10.8 Å². The molecule has 1 aromatic carbocycles. The van der Waals surface area contributed by atoms with Crippen LogP contribution < -0.4 is 10.6 Å². The molecule has 0 amide bonds. The Morgan fingerprint density at radius 1 is 1.32 bits per heavy atom. The number of anilines is 1. The van der Waals surface area contributed by atoms with Crippen LogP contribution in [0, 0.1) is 5.82 Å². The molecular weight excluding hydrogens is 261 g/mol. The van der Waals surface area contributed by atoms with Gasteiger partial charge in [-0.2, -0.15) is 0 Å². The normalized spacial score (nSPS) is 23.4. The number of thiocarbonyl (C=S) groups is 1. The first-order valence-corrected chi connectivity index (χ1v) is 7.14. The fourth-order valence-electron chi connectivity index (χ4n) is 3.13. The number of piperazine rings is 1. The van der Waals surface area contributed by atoms with Crippen molar-refractivity contribution in [2.75, 3.05) is 31.1 Å². The van der Waals surface area contributed by atoms with Crippen LogP contribution in [0.1, 0.15) is 18.4 Å². The zero-order valence-corrected chi connectivity index (χ0v) is 11.6. The maximum Gasteiger partial charge on any atom is 0.147 e. The van der Waals surface area contributed by atoms with Crippen LogP contribution in [0.25, 0.3) is 0 Å². The molecule has 2 heterocycles. The van der Waals surface area contributed by atoms with Gasteiger partial charge in [-0.05, 0) is 37.6 Å². The Kier molecular flexibility index (Phi) is 3.41. The van der Waals surface area contributed by atoms with E-state index in [1.807, 2.05) is 6.07 Å². The summed E-state index contributed by atoms with van der Waals surface area (Å²) in [4.78, 5) is 4.90. The van der Waals surface area contributed by atoms with Gasteiger partial charge in [-0.25, -0.2) is 4.39 Å². The summed E-state index contributed by atoms with van der Waals surface area (Å²) in [7, 11) is 0. The average molecular weight is 279 g/mol. The largest absolute Gasteiger partial charge is 0.389 e. The summed E-state index contributed by atoms with van der Waals surface area (Å²) in [5, 5.41) is 0. The van der Waals surface area contributed by atoms with Crippen molar-refractivity contribution in [1.82, 2.24) is 4.90 Å². The van der Waals surface area contributed by atoms with Crippen LogP contribution in [0.2, 0.25) is 0 Å². The van der Waals surface area contributed by atoms with Gasteiger partial charge in [0.25, 0.3) is 0 Å². The third kappa shape index (κ3) is 2.44. The SMILES string of the molecule is NC(=S)c1ccc(N2CCN3CCCC3C2)c(F)c1. The molecule has 1 unspecified atom stereocenters. The molecule has 0 saturated carbocycles. The third-order valence-corrected chi connectivity index (χ3v) is 4.40. The monoisotopic (exact) mass is 279 g/mol. The second-order valence-electron chi connectivity index (χ2n) is 5.31. The van der Waals surface area contributed by atoms with Crippen LogP contribution in [0.5, 0.6) is 0 Å². The molecule has 2 aliphatic heterocycles. The van der Waals surface area contributed by atoms with E-state index in [1.54, 1.807) is 6.07 Å². The second-order valence-corrected chi connectivity index (χ2v) is 5.75.